The summed E-state index contributed by atoms with van der Waals surface area (Å²) in [4.78, 5) is 35.2. The highest BCUT2D eigenvalue weighted by Crippen LogP contribution is 2.29. The number of carboxylic acids is 2. The molecule has 0 amide bonds. The van der Waals surface area contributed by atoms with Crippen molar-refractivity contribution in [3.05, 3.63) is 0 Å². The van der Waals surface area contributed by atoms with Gasteiger partial charge in [-0.15, -0.1) is 0 Å². The summed E-state index contributed by atoms with van der Waals surface area (Å²) in [6, 6.07) is 0. The van der Waals surface area contributed by atoms with E-state index >= 15 is 0 Å². The van der Waals surface area contributed by atoms with Crippen LogP contribution in [0, 0.1) is 5.92 Å². The number of unbranched alkanes of at least 4 members (excludes halogenated alkanes) is 15. The second-order valence-corrected chi connectivity index (χ2v) is 9.91. The van der Waals surface area contributed by atoms with Crippen molar-refractivity contribution in [2.24, 2.45) is 5.92 Å². The van der Waals surface area contributed by atoms with E-state index in [-0.39, 0.29) is 6.42 Å². The number of aliphatic hydroxyl groups excluding tert-OH is 2. The van der Waals surface area contributed by atoms with Crippen LogP contribution in [0.4, 0.5) is 0 Å². The van der Waals surface area contributed by atoms with E-state index in [1.807, 2.05) is 0 Å². The molecule has 0 heterocycles. The Hall–Kier alpha value is -1.71. The molecule has 3 atom stereocenters. The number of carboxylic acid groups (broad SMARTS) is 2. The number of hydrogen-bond acceptors (Lipinski definition) is 7. The van der Waals surface area contributed by atoms with E-state index in [0.717, 1.165) is 19.3 Å². The Morgan fingerprint density at radius 1 is 0.750 bits per heavy atom. The zero-order chi connectivity index (χ0) is 27.2. The molecule has 36 heavy (non-hydrogen) atoms. The summed E-state index contributed by atoms with van der Waals surface area (Å²) in [5.74, 6) is -6.07. The molecule has 0 aliphatic rings. The lowest BCUT2D eigenvalue weighted by Crippen LogP contribution is -2.51. The number of carbonyl (C=O) groups excluding carboxylic acids is 1. The summed E-state index contributed by atoms with van der Waals surface area (Å²) in [6.45, 7) is 1.000. The molecule has 0 spiro atoms. The standard InChI is InChI=1S/C27H50O9/c1-2-3-4-5-6-7-8-9-10-11-12-13-14-15-16-17-18-23(25(32)36-21-22(29)20-28)27(35,26(33)34)19-24(30)31/h22-23,28-29,35H,2-21H2,1H3,(H,30,31)(H,33,34). The Labute approximate surface area is 216 Å². The molecule has 0 radical (unpaired) electrons. The molecule has 3 unspecified atom stereocenters. The van der Waals surface area contributed by atoms with Crippen molar-refractivity contribution in [2.45, 2.75) is 134 Å². The van der Waals surface area contributed by atoms with Crippen LogP contribution in [0.3, 0.4) is 0 Å². The van der Waals surface area contributed by atoms with Crippen LogP contribution in [0.15, 0.2) is 0 Å². The molecule has 212 valence electrons. The first-order valence-corrected chi connectivity index (χ1v) is 13.8. The maximum atomic E-state index is 12.5. The first kappa shape index (κ1) is 34.3. The number of hydrogen-bond donors (Lipinski definition) is 5. The second kappa shape index (κ2) is 21.4. The minimum atomic E-state index is -2.82. The summed E-state index contributed by atoms with van der Waals surface area (Å²) in [7, 11) is 0. The van der Waals surface area contributed by atoms with Crippen molar-refractivity contribution in [2.75, 3.05) is 13.2 Å². The van der Waals surface area contributed by atoms with Gasteiger partial charge in [0.15, 0.2) is 5.60 Å². The van der Waals surface area contributed by atoms with E-state index in [1.54, 1.807) is 0 Å². The van der Waals surface area contributed by atoms with Crippen molar-refractivity contribution in [1.82, 2.24) is 0 Å². The van der Waals surface area contributed by atoms with Crippen LogP contribution in [0.2, 0.25) is 0 Å². The first-order valence-electron chi connectivity index (χ1n) is 13.8. The number of ether oxygens (including phenoxy) is 1. The van der Waals surface area contributed by atoms with E-state index in [2.05, 4.69) is 6.92 Å². The molecule has 5 N–H and O–H groups in total. The summed E-state index contributed by atoms with van der Waals surface area (Å²) < 4.78 is 4.85. The maximum Gasteiger partial charge on any atom is 0.337 e. The van der Waals surface area contributed by atoms with Gasteiger partial charge < -0.3 is 30.3 Å². The highest BCUT2D eigenvalue weighted by molar-refractivity contribution is 5.90. The van der Waals surface area contributed by atoms with Crippen molar-refractivity contribution >= 4 is 17.9 Å². The fourth-order valence-corrected chi connectivity index (χ4v) is 4.36. The van der Waals surface area contributed by atoms with Crippen LogP contribution in [-0.4, -0.2) is 68.4 Å². The zero-order valence-electron chi connectivity index (χ0n) is 22.2. The molecule has 0 fully saturated rings. The van der Waals surface area contributed by atoms with Crippen molar-refractivity contribution in [3.63, 3.8) is 0 Å². The van der Waals surface area contributed by atoms with Gasteiger partial charge in [-0.1, -0.05) is 110 Å². The molecule has 0 aromatic heterocycles. The third-order valence-electron chi connectivity index (χ3n) is 6.63. The molecule has 9 heteroatoms. The number of esters is 1. The third-order valence-corrected chi connectivity index (χ3v) is 6.63. The Bertz CT molecular complexity index is 596. The third kappa shape index (κ3) is 16.1. The second-order valence-electron chi connectivity index (χ2n) is 9.91. The highest BCUT2D eigenvalue weighted by atomic mass is 16.5. The van der Waals surface area contributed by atoms with Crippen molar-refractivity contribution < 1.29 is 44.7 Å². The fourth-order valence-electron chi connectivity index (χ4n) is 4.36. The Morgan fingerprint density at radius 3 is 1.53 bits per heavy atom. The predicted molar refractivity (Wildman–Crippen MR) is 137 cm³/mol. The quantitative estimate of drug-likeness (QED) is 0.0868. The lowest BCUT2D eigenvalue weighted by molar-refractivity contribution is -0.183. The number of aliphatic carboxylic acids is 2. The SMILES string of the molecule is CCCCCCCCCCCCCCCCCCC(C(=O)OCC(O)CO)C(O)(CC(=O)O)C(=O)O. The molecule has 0 aliphatic carbocycles. The van der Waals surface area contributed by atoms with Crippen LogP contribution in [0.5, 0.6) is 0 Å². The molecule has 0 aromatic carbocycles. The molecular formula is C27H50O9. The fraction of sp³-hybridized carbons (Fsp3) is 0.889. The molecule has 0 rings (SSSR count). The largest absolute Gasteiger partial charge is 0.481 e. The molecule has 0 aliphatic heterocycles. The normalized spacial score (nSPS) is 14.7. The van der Waals surface area contributed by atoms with Gasteiger partial charge in [0.05, 0.1) is 18.9 Å². The van der Waals surface area contributed by atoms with Gasteiger partial charge in [-0.25, -0.2) is 4.79 Å². The maximum absolute atomic E-state index is 12.5. The first-order chi connectivity index (χ1) is 17.2. The number of carbonyl (C=O) groups is 3. The summed E-state index contributed by atoms with van der Waals surface area (Å²) >= 11 is 0. The lowest BCUT2D eigenvalue weighted by atomic mass is 9.81. The average molecular weight is 519 g/mol. The van der Waals surface area contributed by atoms with Crippen molar-refractivity contribution in [3.8, 4) is 0 Å². The minimum Gasteiger partial charge on any atom is -0.481 e. The molecule has 0 saturated heterocycles. The van der Waals surface area contributed by atoms with Gasteiger partial charge in [-0.05, 0) is 6.42 Å². The van der Waals surface area contributed by atoms with Gasteiger partial charge in [0.2, 0.25) is 0 Å². The predicted octanol–water partition coefficient (Wildman–Crippen LogP) is 4.44. The van der Waals surface area contributed by atoms with Crippen LogP contribution in [-0.2, 0) is 19.1 Å². The molecule has 9 nitrogen and oxygen atoms in total. The molecule has 0 aromatic rings. The summed E-state index contributed by atoms with van der Waals surface area (Å²) in [5, 5.41) is 47.3. The van der Waals surface area contributed by atoms with Gasteiger partial charge in [0.25, 0.3) is 0 Å². The van der Waals surface area contributed by atoms with E-state index in [9.17, 15) is 29.7 Å². The molecular weight excluding hydrogens is 468 g/mol. The average Bonchev–Trinajstić information content (AvgIpc) is 2.83. The lowest BCUT2D eigenvalue weighted by Gasteiger charge is -2.30. The number of aliphatic hydroxyl groups is 3. The van der Waals surface area contributed by atoms with Gasteiger partial charge in [-0.2, -0.15) is 0 Å². The van der Waals surface area contributed by atoms with Gasteiger partial charge in [-0.3, -0.25) is 9.59 Å². The van der Waals surface area contributed by atoms with Gasteiger partial charge in [0, 0.05) is 0 Å². The Kier molecular flexibility index (Phi) is 20.4. The minimum absolute atomic E-state index is 0.0530. The van der Waals surface area contributed by atoms with Crippen LogP contribution in [0.25, 0.3) is 0 Å². The number of rotatable bonds is 25. The van der Waals surface area contributed by atoms with Crippen LogP contribution in [0.1, 0.15) is 122 Å². The van der Waals surface area contributed by atoms with E-state index in [4.69, 9.17) is 14.9 Å². The van der Waals surface area contributed by atoms with Crippen LogP contribution < -0.4 is 0 Å². The van der Waals surface area contributed by atoms with Gasteiger partial charge >= 0.3 is 17.9 Å². The van der Waals surface area contributed by atoms with E-state index in [1.165, 1.54) is 70.6 Å². The smallest absolute Gasteiger partial charge is 0.337 e. The zero-order valence-corrected chi connectivity index (χ0v) is 22.2. The van der Waals surface area contributed by atoms with Crippen molar-refractivity contribution in [1.29, 1.82) is 0 Å². The van der Waals surface area contributed by atoms with E-state index in [0.29, 0.717) is 12.8 Å². The van der Waals surface area contributed by atoms with E-state index < -0.39 is 55.2 Å². The summed E-state index contributed by atoms with van der Waals surface area (Å²) in [6.07, 6.45) is 15.9. The molecule has 0 bridgehead atoms. The molecule has 0 saturated carbocycles. The van der Waals surface area contributed by atoms with Gasteiger partial charge in [0.1, 0.15) is 12.7 Å². The van der Waals surface area contributed by atoms with Crippen LogP contribution >= 0.6 is 0 Å². The highest BCUT2D eigenvalue weighted by Gasteiger charge is 2.50. The topological polar surface area (TPSA) is 162 Å². The Morgan fingerprint density at radius 2 is 1.17 bits per heavy atom. The monoisotopic (exact) mass is 518 g/mol. The summed E-state index contributed by atoms with van der Waals surface area (Å²) in [5.41, 5.74) is -2.82. The Balaban J connectivity index is 4.25.